The third kappa shape index (κ3) is 38.2. The van der Waals surface area contributed by atoms with Gasteiger partial charge in [-0.05, 0) is 19.8 Å². The zero-order chi connectivity index (χ0) is 15.7. The number of hydrogen-bond acceptors (Lipinski definition) is 0. The number of aryl methyl sites for hydroxylation is 2. The van der Waals surface area contributed by atoms with Crippen LogP contribution in [0, 0.1) is 19.8 Å². The van der Waals surface area contributed by atoms with E-state index < -0.39 is 0 Å². The van der Waals surface area contributed by atoms with Gasteiger partial charge in [0.05, 0.1) is 0 Å². The van der Waals surface area contributed by atoms with Gasteiger partial charge in [0.2, 0.25) is 0 Å². The summed E-state index contributed by atoms with van der Waals surface area (Å²) in [4.78, 5) is 0. The highest BCUT2D eigenvalue weighted by Crippen LogP contribution is 1.99. The Balaban J connectivity index is -0.000000200. The predicted octanol–water partition coefficient (Wildman–Crippen LogP) is 7.19. The average Bonchev–Trinajstić information content (AvgIpc) is 2.34. The molecule has 0 radical (unpaired) electrons. The first-order chi connectivity index (χ1) is 8.85. The van der Waals surface area contributed by atoms with Crippen molar-refractivity contribution in [1.82, 2.24) is 0 Å². The highest BCUT2D eigenvalue weighted by molar-refractivity contribution is 5.19. The molecule has 0 spiro atoms. The van der Waals surface area contributed by atoms with E-state index >= 15 is 0 Å². The molecule has 1 aromatic rings. The molecular weight excluding hydrogens is 228 g/mol. The van der Waals surface area contributed by atoms with Gasteiger partial charge < -0.3 is 0 Å². The Kier molecular flexibility index (Phi) is 24.0. The summed E-state index contributed by atoms with van der Waals surface area (Å²) in [6, 6.07) is 8.48. The van der Waals surface area contributed by atoms with Gasteiger partial charge in [0.15, 0.2) is 0 Å². The van der Waals surface area contributed by atoms with Crippen molar-refractivity contribution < 1.29 is 0 Å². The Morgan fingerprint density at radius 1 is 0.684 bits per heavy atom. The van der Waals surface area contributed by atoms with E-state index in [1.54, 1.807) is 0 Å². The molecule has 0 nitrogen and oxygen atoms in total. The van der Waals surface area contributed by atoms with E-state index in [-0.39, 0.29) is 0 Å². The summed E-state index contributed by atoms with van der Waals surface area (Å²) < 4.78 is 0. The van der Waals surface area contributed by atoms with Crippen molar-refractivity contribution in [2.45, 2.75) is 81.6 Å². The molecule has 19 heavy (non-hydrogen) atoms. The summed E-state index contributed by atoms with van der Waals surface area (Å²) >= 11 is 0. The maximum atomic E-state index is 2.18. The molecule has 0 saturated heterocycles. The van der Waals surface area contributed by atoms with E-state index in [9.17, 15) is 0 Å². The zero-order valence-electron chi connectivity index (χ0n) is 15.0. The highest BCUT2D eigenvalue weighted by Gasteiger charge is 1.79. The number of hydrogen-bond donors (Lipinski definition) is 0. The summed E-state index contributed by atoms with van der Waals surface area (Å²) in [5, 5.41) is 0. The topological polar surface area (TPSA) is 0 Å². The average molecular weight is 267 g/mol. The first-order valence-electron chi connectivity index (χ1n) is 7.88. The van der Waals surface area contributed by atoms with Crippen LogP contribution in [0.5, 0.6) is 0 Å². The van der Waals surface area contributed by atoms with E-state index in [1.165, 1.54) is 30.4 Å². The molecule has 114 valence electrons. The molecule has 0 saturated carbocycles. The summed E-state index contributed by atoms with van der Waals surface area (Å²) in [7, 11) is 0. The monoisotopic (exact) mass is 266 g/mol. The Morgan fingerprint density at radius 3 is 0.947 bits per heavy atom. The molecule has 0 N–H and O–H groups in total. The van der Waals surface area contributed by atoms with Gasteiger partial charge in [-0.3, -0.25) is 0 Å². The molecule has 0 aliphatic carbocycles. The molecule has 0 atom stereocenters. The van der Waals surface area contributed by atoms with Crippen LogP contribution in [-0.2, 0) is 0 Å². The van der Waals surface area contributed by atoms with Crippen LogP contribution < -0.4 is 0 Å². The van der Waals surface area contributed by atoms with Gasteiger partial charge in [-0.15, -0.1) is 0 Å². The summed E-state index contributed by atoms with van der Waals surface area (Å²) in [5.41, 5.74) is 2.66. The molecule has 0 fully saturated rings. The first-order valence-corrected chi connectivity index (χ1v) is 7.88. The van der Waals surface area contributed by atoms with Crippen molar-refractivity contribution in [3.63, 3.8) is 0 Å². The summed E-state index contributed by atoms with van der Waals surface area (Å²) in [6.07, 6.45) is 3.89. The number of rotatable bonds is 1. The lowest BCUT2D eigenvalue weighted by Crippen LogP contribution is -1.70. The third-order valence-electron chi connectivity index (χ3n) is 1.72. The lowest BCUT2D eigenvalue weighted by molar-refractivity contribution is 0.737. The van der Waals surface area contributed by atoms with Crippen LogP contribution in [-0.4, -0.2) is 0 Å². The van der Waals surface area contributed by atoms with Crippen molar-refractivity contribution in [3.8, 4) is 0 Å². The highest BCUT2D eigenvalue weighted by atomic mass is 13.9. The minimum absolute atomic E-state index is 0.833. The lowest BCUT2D eigenvalue weighted by Gasteiger charge is -1.90. The van der Waals surface area contributed by atoms with Gasteiger partial charge in [0.25, 0.3) is 0 Å². The minimum atomic E-state index is 0.833. The van der Waals surface area contributed by atoms with Crippen LogP contribution >= 0.6 is 0 Å². The Bertz CT molecular complexity index is 205. The van der Waals surface area contributed by atoms with Crippen molar-refractivity contribution in [3.05, 3.63) is 35.4 Å². The second kappa shape index (κ2) is 19.6. The van der Waals surface area contributed by atoms with E-state index in [1.807, 2.05) is 0 Å². The lowest BCUT2D eigenvalue weighted by atomic mass is 10.2. The van der Waals surface area contributed by atoms with E-state index in [2.05, 4.69) is 86.6 Å². The summed E-state index contributed by atoms with van der Waals surface area (Å²) in [6.45, 7) is 19.3. The molecule has 1 aromatic carbocycles. The summed E-state index contributed by atoms with van der Waals surface area (Å²) in [5.74, 6) is 0.833. The van der Waals surface area contributed by atoms with Gasteiger partial charge >= 0.3 is 0 Å². The second-order valence-electron chi connectivity index (χ2n) is 5.59. The molecule has 1 rings (SSSR count). The number of unbranched alkanes of at least 4 members (excludes halogenated alkanes) is 1. The van der Waals surface area contributed by atoms with Gasteiger partial charge in [0, 0.05) is 0 Å². The molecule has 0 heteroatoms. The van der Waals surface area contributed by atoms with Crippen LogP contribution in [0.4, 0.5) is 0 Å². The van der Waals surface area contributed by atoms with Crippen molar-refractivity contribution in [2.24, 2.45) is 5.92 Å². The van der Waals surface area contributed by atoms with Crippen molar-refractivity contribution in [1.29, 1.82) is 0 Å². The molecule has 0 aliphatic rings. The van der Waals surface area contributed by atoms with Crippen LogP contribution in [0.25, 0.3) is 0 Å². The van der Waals surface area contributed by atoms with Crippen LogP contribution in [0.15, 0.2) is 24.3 Å². The zero-order valence-corrected chi connectivity index (χ0v) is 15.0. The van der Waals surface area contributed by atoms with Crippen LogP contribution in [0.3, 0.4) is 0 Å². The number of benzene rings is 1. The standard InChI is InChI=1S/C8H10.2C4H10.C3H8/c1-7-3-5-8(2)6-4-7;1-4(2)3;1-3-4-2;1-3-2/h3-6H,1-2H3;4H,1-3H3;3-4H2,1-2H3;3H2,1-2H3. The van der Waals surface area contributed by atoms with E-state index in [0.717, 1.165) is 5.92 Å². The Labute approximate surface area is 123 Å². The van der Waals surface area contributed by atoms with Gasteiger partial charge in [-0.2, -0.15) is 0 Å². The van der Waals surface area contributed by atoms with E-state index in [0.29, 0.717) is 0 Å². The predicted molar refractivity (Wildman–Crippen MR) is 93.0 cm³/mol. The maximum absolute atomic E-state index is 2.18. The molecule has 0 unspecified atom stereocenters. The molecule has 0 bridgehead atoms. The SMILES string of the molecule is CC(C)C.CCC.CCCC.Cc1ccc(C)cc1. The Morgan fingerprint density at radius 2 is 0.842 bits per heavy atom. The molecule has 0 aliphatic heterocycles. The van der Waals surface area contributed by atoms with E-state index in [4.69, 9.17) is 0 Å². The van der Waals surface area contributed by atoms with Crippen molar-refractivity contribution in [2.75, 3.05) is 0 Å². The quantitative estimate of drug-likeness (QED) is 0.504. The third-order valence-corrected chi connectivity index (χ3v) is 1.72. The fourth-order valence-corrected chi connectivity index (χ4v) is 0.637. The van der Waals surface area contributed by atoms with Gasteiger partial charge in [-0.25, -0.2) is 0 Å². The smallest absolute Gasteiger partial charge is 0.0398 e. The second-order valence-corrected chi connectivity index (χ2v) is 5.59. The van der Waals surface area contributed by atoms with Crippen molar-refractivity contribution >= 4 is 0 Å². The normalized spacial score (nSPS) is 8.32. The largest absolute Gasteiger partial charge is 0.0656 e. The Hall–Kier alpha value is -0.780. The van der Waals surface area contributed by atoms with Crippen LogP contribution in [0.1, 0.15) is 78.9 Å². The van der Waals surface area contributed by atoms with Gasteiger partial charge in [-0.1, -0.05) is 103 Å². The minimum Gasteiger partial charge on any atom is -0.0656 e. The van der Waals surface area contributed by atoms with Gasteiger partial charge in [0.1, 0.15) is 0 Å². The molecule has 0 aromatic heterocycles. The first kappa shape index (κ1) is 23.3. The molecule has 0 heterocycles. The maximum Gasteiger partial charge on any atom is -0.0398 e. The van der Waals surface area contributed by atoms with Crippen LogP contribution in [0.2, 0.25) is 0 Å². The molecule has 0 amide bonds. The fourth-order valence-electron chi connectivity index (χ4n) is 0.637. The molecular formula is C19H38. The fraction of sp³-hybridized carbons (Fsp3) is 0.684.